The number of nitrogens with one attached hydrogen (secondary N) is 1. The molecule has 1 aromatic carbocycles. The average molecular weight is 371 g/mol. The molecule has 3 nitrogen and oxygen atoms in total. The van der Waals surface area contributed by atoms with Gasteiger partial charge in [-0.1, -0.05) is 12.1 Å². The molecule has 1 fully saturated rings. The summed E-state index contributed by atoms with van der Waals surface area (Å²) in [6.45, 7) is 3.64. The molecule has 0 aliphatic carbocycles. The van der Waals surface area contributed by atoms with Crippen LogP contribution in [-0.2, 0) is 0 Å². The van der Waals surface area contributed by atoms with E-state index in [4.69, 9.17) is 0 Å². The minimum absolute atomic E-state index is 0.00747. The summed E-state index contributed by atoms with van der Waals surface area (Å²) < 4.78 is 13.7. The average Bonchev–Trinajstić information content (AvgIpc) is 3.03. The zero-order valence-electron chi connectivity index (χ0n) is 11.4. The summed E-state index contributed by atoms with van der Waals surface area (Å²) in [5, 5.41) is 15.7. The van der Waals surface area contributed by atoms with E-state index in [2.05, 4.69) is 32.2 Å². The Kier molecular flexibility index (Phi) is 4.59. The van der Waals surface area contributed by atoms with Gasteiger partial charge >= 0.3 is 0 Å². The van der Waals surface area contributed by atoms with Gasteiger partial charge in [-0.25, -0.2) is 4.39 Å². The van der Waals surface area contributed by atoms with Crippen LogP contribution in [0, 0.1) is 5.82 Å². The van der Waals surface area contributed by atoms with E-state index in [0.717, 1.165) is 36.6 Å². The summed E-state index contributed by atoms with van der Waals surface area (Å²) in [5.41, 5.74) is 0.743. The molecule has 3 rings (SSSR count). The van der Waals surface area contributed by atoms with Crippen LogP contribution in [0.2, 0.25) is 0 Å². The highest BCUT2D eigenvalue weighted by molar-refractivity contribution is 9.10. The molecule has 112 valence electrons. The predicted octanol–water partition coefficient (Wildman–Crippen LogP) is 3.35. The van der Waals surface area contributed by atoms with Crippen molar-refractivity contribution in [2.24, 2.45) is 0 Å². The van der Waals surface area contributed by atoms with Gasteiger partial charge in [-0.15, -0.1) is 11.3 Å². The largest absolute Gasteiger partial charge is 0.506 e. The Hall–Kier alpha value is -0.950. The van der Waals surface area contributed by atoms with E-state index in [1.807, 2.05) is 11.4 Å². The number of aromatic hydroxyl groups is 1. The van der Waals surface area contributed by atoms with Crippen molar-refractivity contribution in [3.8, 4) is 5.75 Å². The number of nitrogens with zero attached hydrogens (tertiary/aromatic N) is 1. The molecule has 1 aromatic heterocycles. The number of piperazine rings is 1. The molecule has 2 aromatic rings. The Morgan fingerprint density at radius 3 is 2.71 bits per heavy atom. The Labute approximate surface area is 135 Å². The van der Waals surface area contributed by atoms with E-state index in [9.17, 15) is 9.50 Å². The molecule has 0 amide bonds. The first-order chi connectivity index (χ1) is 10.2. The molecule has 1 atom stereocenters. The van der Waals surface area contributed by atoms with E-state index < -0.39 is 5.82 Å². The number of benzene rings is 1. The second-order valence-electron chi connectivity index (χ2n) is 5.00. The zero-order chi connectivity index (χ0) is 14.8. The van der Waals surface area contributed by atoms with Crippen LogP contribution in [-0.4, -0.2) is 36.2 Å². The molecule has 1 aliphatic heterocycles. The van der Waals surface area contributed by atoms with Crippen LogP contribution in [0.25, 0.3) is 0 Å². The van der Waals surface area contributed by atoms with E-state index in [0.29, 0.717) is 0 Å². The summed E-state index contributed by atoms with van der Waals surface area (Å²) in [6, 6.07) is 7.12. The fourth-order valence-electron chi connectivity index (χ4n) is 2.69. The normalized spacial score (nSPS) is 17.8. The lowest BCUT2D eigenvalue weighted by Gasteiger charge is -2.35. The van der Waals surface area contributed by atoms with Crippen molar-refractivity contribution in [1.29, 1.82) is 0 Å². The van der Waals surface area contributed by atoms with E-state index in [-0.39, 0.29) is 16.3 Å². The van der Waals surface area contributed by atoms with Crippen LogP contribution in [0.15, 0.2) is 34.1 Å². The third-order valence-corrected chi connectivity index (χ3v) is 5.40. The molecule has 2 heterocycles. The van der Waals surface area contributed by atoms with Crippen molar-refractivity contribution in [1.82, 2.24) is 10.2 Å². The predicted molar refractivity (Wildman–Crippen MR) is 86.4 cm³/mol. The van der Waals surface area contributed by atoms with Gasteiger partial charge in [0.15, 0.2) is 0 Å². The molecule has 1 aliphatic rings. The monoisotopic (exact) mass is 370 g/mol. The summed E-state index contributed by atoms with van der Waals surface area (Å²) in [6.07, 6.45) is 0. The van der Waals surface area contributed by atoms with Crippen molar-refractivity contribution < 1.29 is 9.50 Å². The van der Waals surface area contributed by atoms with Gasteiger partial charge in [0, 0.05) is 36.6 Å². The maximum atomic E-state index is 13.6. The molecule has 0 spiro atoms. The fraction of sp³-hybridized carbons (Fsp3) is 0.333. The zero-order valence-corrected chi connectivity index (χ0v) is 13.8. The third-order valence-electron chi connectivity index (χ3n) is 3.72. The molecular formula is C15H16BrFN2OS. The van der Waals surface area contributed by atoms with Crippen LogP contribution in [0.5, 0.6) is 5.75 Å². The van der Waals surface area contributed by atoms with Gasteiger partial charge in [0.1, 0.15) is 11.6 Å². The SMILES string of the molecule is Oc1c([C@@H](c2cccs2)N2CCNCC2)ccc(F)c1Br. The topological polar surface area (TPSA) is 35.5 Å². The van der Waals surface area contributed by atoms with Crippen molar-refractivity contribution in [2.75, 3.05) is 26.2 Å². The minimum atomic E-state index is -0.443. The first kappa shape index (κ1) is 15.0. The third kappa shape index (κ3) is 2.99. The number of rotatable bonds is 3. The molecule has 21 heavy (non-hydrogen) atoms. The van der Waals surface area contributed by atoms with E-state index in [1.54, 1.807) is 17.4 Å². The lowest BCUT2D eigenvalue weighted by Crippen LogP contribution is -2.45. The van der Waals surface area contributed by atoms with E-state index in [1.165, 1.54) is 6.07 Å². The lowest BCUT2D eigenvalue weighted by atomic mass is 10.0. The van der Waals surface area contributed by atoms with Gasteiger partial charge in [-0.2, -0.15) is 0 Å². The van der Waals surface area contributed by atoms with Crippen molar-refractivity contribution in [3.63, 3.8) is 0 Å². The summed E-state index contributed by atoms with van der Waals surface area (Å²) in [4.78, 5) is 3.48. The maximum absolute atomic E-state index is 13.6. The fourth-order valence-corrected chi connectivity index (χ4v) is 3.93. The summed E-state index contributed by atoms with van der Waals surface area (Å²) >= 11 is 4.79. The number of hydrogen-bond acceptors (Lipinski definition) is 4. The van der Waals surface area contributed by atoms with Gasteiger partial charge in [-0.3, -0.25) is 4.90 Å². The maximum Gasteiger partial charge on any atom is 0.141 e. The van der Waals surface area contributed by atoms with Crippen LogP contribution < -0.4 is 5.32 Å². The minimum Gasteiger partial charge on any atom is -0.506 e. The van der Waals surface area contributed by atoms with E-state index >= 15 is 0 Å². The molecule has 2 N–H and O–H groups in total. The Bertz CT molecular complexity index is 614. The van der Waals surface area contributed by atoms with Crippen LogP contribution in [0.1, 0.15) is 16.5 Å². The molecule has 6 heteroatoms. The first-order valence-electron chi connectivity index (χ1n) is 6.83. The number of phenolic OH excluding ortho intramolecular Hbond substituents is 1. The van der Waals surface area contributed by atoms with Crippen molar-refractivity contribution >= 4 is 27.3 Å². The number of thiophene rings is 1. The van der Waals surface area contributed by atoms with Gasteiger partial charge in [0.25, 0.3) is 0 Å². The Morgan fingerprint density at radius 2 is 2.05 bits per heavy atom. The summed E-state index contributed by atoms with van der Waals surface area (Å²) in [7, 11) is 0. The molecular weight excluding hydrogens is 355 g/mol. The highest BCUT2D eigenvalue weighted by Crippen LogP contribution is 2.40. The lowest BCUT2D eigenvalue weighted by molar-refractivity contribution is 0.198. The van der Waals surface area contributed by atoms with Crippen molar-refractivity contribution in [3.05, 3.63) is 50.4 Å². The highest BCUT2D eigenvalue weighted by Gasteiger charge is 2.28. The number of phenols is 1. The second kappa shape index (κ2) is 6.44. The Morgan fingerprint density at radius 1 is 1.29 bits per heavy atom. The van der Waals surface area contributed by atoms with Crippen LogP contribution in [0.4, 0.5) is 4.39 Å². The van der Waals surface area contributed by atoms with Crippen molar-refractivity contribution in [2.45, 2.75) is 6.04 Å². The standard InChI is InChI=1S/C15H16BrFN2OS/c16-13-11(17)4-3-10(15(13)20)14(12-2-1-9-21-12)19-7-5-18-6-8-19/h1-4,9,14,18,20H,5-8H2/t14-/m0/s1. The molecule has 0 bridgehead atoms. The second-order valence-corrected chi connectivity index (χ2v) is 6.78. The smallest absolute Gasteiger partial charge is 0.141 e. The molecule has 1 saturated heterocycles. The number of hydrogen-bond donors (Lipinski definition) is 2. The van der Waals surface area contributed by atoms with Crippen LogP contribution >= 0.6 is 27.3 Å². The summed E-state index contributed by atoms with van der Waals surface area (Å²) in [5.74, 6) is -0.451. The van der Waals surface area contributed by atoms with Gasteiger partial charge < -0.3 is 10.4 Å². The first-order valence-corrected chi connectivity index (χ1v) is 8.51. The van der Waals surface area contributed by atoms with Gasteiger partial charge in [0.2, 0.25) is 0 Å². The number of halogens is 2. The Balaban J connectivity index is 2.05. The van der Waals surface area contributed by atoms with Gasteiger partial charge in [0.05, 0.1) is 10.5 Å². The molecule has 0 radical (unpaired) electrons. The van der Waals surface area contributed by atoms with Gasteiger partial charge in [-0.05, 0) is 33.4 Å². The van der Waals surface area contributed by atoms with Crippen LogP contribution in [0.3, 0.4) is 0 Å². The molecule has 0 saturated carbocycles. The molecule has 0 unspecified atom stereocenters. The quantitative estimate of drug-likeness (QED) is 0.869. The highest BCUT2D eigenvalue weighted by atomic mass is 79.9.